The minimum Gasteiger partial charge on any atom is -0.326 e. The van der Waals surface area contributed by atoms with Crippen molar-refractivity contribution in [2.45, 2.75) is 37.1 Å². The molecule has 2 saturated carbocycles. The molecule has 0 amide bonds. The molecule has 3 rings (SSSR count). The molecule has 0 aromatic heterocycles. The van der Waals surface area contributed by atoms with Gasteiger partial charge in [0.25, 0.3) is 0 Å². The molecule has 0 unspecified atom stereocenters. The van der Waals surface area contributed by atoms with Gasteiger partial charge in [0.05, 0.1) is 5.02 Å². The molecule has 6 heteroatoms. The highest BCUT2D eigenvalue weighted by molar-refractivity contribution is 7.89. The zero-order valence-electron chi connectivity index (χ0n) is 11.2. The van der Waals surface area contributed by atoms with Gasteiger partial charge in [0, 0.05) is 13.1 Å². The van der Waals surface area contributed by atoms with Gasteiger partial charge in [-0.05, 0) is 54.7 Å². The van der Waals surface area contributed by atoms with Crippen molar-refractivity contribution in [1.82, 2.24) is 4.72 Å². The lowest BCUT2D eigenvalue weighted by Crippen LogP contribution is -2.31. The van der Waals surface area contributed by atoms with Gasteiger partial charge >= 0.3 is 0 Å². The molecule has 0 aliphatic heterocycles. The Morgan fingerprint density at radius 2 is 2.05 bits per heavy atom. The Bertz CT molecular complexity index is 622. The van der Waals surface area contributed by atoms with Gasteiger partial charge in [-0.2, -0.15) is 0 Å². The number of nitrogens with two attached hydrogens (primary N) is 1. The fourth-order valence-electron chi connectivity index (χ4n) is 2.79. The van der Waals surface area contributed by atoms with Gasteiger partial charge in [0.15, 0.2) is 0 Å². The second kappa shape index (κ2) is 4.98. The lowest BCUT2D eigenvalue weighted by molar-refractivity contribution is 0.432. The molecule has 0 atom stereocenters. The molecule has 0 heterocycles. The molecule has 110 valence electrons. The first-order chi connectivity index (χ1) is 9.47. The predicted molar refractivity (Wildman–Crippen MR) is 78.9 cm³/mol. The molecule has 1 aromatic rings. The van der Waals surface area contributed by atoms with Crippen molar-refractivity contribution in [1.29, 1.82) is 0 Å². The monoisotopic (exact) mass is 314 g/mol. The Morgan fingerprint density at radius 1 is 1.35 bits per heavy atom. The van der Waals surface area contributed by atoms with Gasteiger partial charge in [0.1, 0.15) is 4.90 Å². The first kappa shape index (κ1) is 14.3. The van der Waals surface area contributed by atoms with E-state index in [1.54, 1.807) is 12.1 Å². The molecule has 2 aliphatic rings. The highest BCUT2D eigenvalue weighted by Crippen LogP contribution is 2.60. The number of sulfonamides is 1. The molecule has 3 N–H and O–H groups in total. The Labute approximate surface area is 124 Å². The number of benzene rings is 1. The van der Waals surface area contributed by atoms with Crippen molar-refractivity contribution in [2.75, 3.05) is 6.54 Å². The fraction of sp³-hybridized carbons (Fsp3) is 0.571. The van der Waals surface area contributed by atoms with E-state index in [-0.39, 0.29) is 15.3 Å². The standard InChI is InChI=1S/C14H19ClN2O2S/c15-12-7-10(8-16)1-4-13(12)20(18,19)17-9-14(5-6-14)11-2-3-11/h1,4,7,11,17H,2-3,5-6,8-9,16H2. The van der Waals surface area contributed by atoms with Crippen molar-refractivity contribution in [3.8, 4) is 0 Å². The van der Waals surface area contributed by atoms with Crippen LogP contribution >= 0.6 is 11.6 Å². The van der Waals surface area contributed by atoms with Gasteiger partial charge in [-0.25, -0.2) is 13.1 Å². The highest BCUT2D eigenvalue weighted by Gasteiger charge is 2.53. The van der Waals surface area contributed by atoms with E-state index in [0.29, 0.717) is 13.1 Å². The van der Waals surface area contributed by atoms with E-state index in [0.717, 1.165) is 24.3 Å². The molecule has 1 aromatic carbocycles. The summed E-state index contributed by atoms with van der Waals surface area (Å²) in [5.74, 6) is 0.722. The summed E-state index contributed by atoms with van der Waals surface area (Å²) >= 11 is 6.06. The summed E-state index contributed by atoms with van der Waals surface area (Å²) in [5, 5.41) is 0.233. The van der Waals surface area contributed by atoms with Gasteiger partial charge < -0.3 is 5.73 Å². The van der Waals surface area contributed by atoms with E-state index in [9.17, 15) is 8.42 Å². The molecule has 0 saturated heterocycles. The summed E-state index contributed by atoms with van der Waals surface area (Å²) in [6.07, 6.45) is 4.77. The zero-order valence-corrected chi connectivity index (χ0v) is 12.8. The lowest BCUT2D eigenvalue weighted by atomic mass is 10.0. The molecular formula is C14H19ClN2O2S. The van der Waals surface area contributed by atoms with Crippen molar-refractivity contribution < 1.29 is 8.42 Å². The minimum atomic E-state index is -3.54. The molecule has 4 nitrogen and oxygen atoms in total. The van der Waals surface area contributed by atoms with E-state index < -0.39 is 10.0 Å². The minimum absolute atomic E-state index is 0.142. The van der Waals surface area contributed by atoms with Gasteiger partial charge in [-0.3, -0.25) is 0 Å². The second-order valence-electron chi connectivity index (χ2n) is 5.93. The van der Waals surface area contributed by atoms with Crippen LogP contribution < -0.4 is 10.5 Å². The average Bonchev–Trinajstić information content (AvgIpc) is 3.27. The maximum Gasteiger partial charge on any atom is 0.242 e. The second-order valence-corrected chi connectivity index (χ2v) is 8.07. The Balaban J connectivity index is 1.74. The smallest absolute Gasteiger partial charge is 0.242 e. The van der Waals surface area contributed by atoms with Crippen molar-refractivity contribution >= 4 is 21.6 Å². The first-order valence-electron chi connectivity index (χ1n) is 6.95. The molecular weight excluding hydrogens is 296 g/mol. The zero-order chi connectivity index (χ0) is 14.4. The first-order valence-corrected chi connectivity index (χ1v) is 8.81. The van der Waals surface area contributed by atoms with E-state index in [2.05, 4.69) is 4.72 Å². The van der Waals surface area contributed by atoms with Gasteiger partial charge in [-0.1, -0.05) is 17.7 Å². The average molecular weight is 315 g/mol. The Morgan fingerprint density at radius 3 is 2.55 bits per heavy atom. The topological polar surface area (TPSA) is 72.2 Å². The Hall–Kier alpha value is -0.620. The molecule has 2 fully saturated rings. The quantitative estimate of drug-likeness (QED) is 0.846. The summed E-state index contributed by atoms with van der Waals surface area (Å²) in [4.78, 5) is 0.142. The van der Waals surface area contributed by atoms with Crippen LogP contribution in [0.4, 0.5) is 0 Å². The Kier molecular flexibility index (Phi) is 3.57. The fourth-order valence-corrected chi connectivity index (χ4v) is 4.50. The van der Waals surface area contributed by atoms with Crippen LogP contribution in [0.1, 0.15) is 31.2 Å². The highest BCUT2D eigenvalue weighted by atomic mass is 35.5. The summed E-state index contributed by atoms with van der Waals surface area (Å²) in [7, 11) is -3.54. The van der Waals surface area contributed by atoms with Crippen LogP contribution in [-0.4, -0.2) is 15.0 Å². The summed E-state index contributed by atoms with van der Waals surface area (Å²) < 4.78 is 27.4. The number of hydrogen-bond donors (Lipinski definition) is 2. The van der Waals surface area contributed by atoms with Gasteiger partial charge in [0.2, 0.25) is 10.0 Å². The number of nitrogens with one attached hydrogen (secondary N) is 1. The van der Waals surface area contributed by atoms with E-state index in [1.807, 2.05) is 0 Å². The van der Waals surface area contributed by atoms with Crippen molar-refractivity contribution in [3.63, 3.8) is 0 Å². The number of halogens is 1. The predicted octanol–water partition coefficient (Wildman–Crippen LogP) is 2.27. The van der Waals surface area contributed by atoms with Crippen molar-refractivity contribution in [3.05, 3.63) is 28.8 Å². The third kappa shape index (κ3) is 2.72. The van der Waals surface area contributed by atoms with E-state index >= 15 is 0 Å². The SMILES string of the molecule is NCc1ccc(S(=O)(=O)NCC2(C3CC3)CC2)c(Cl)c1. The van der Waals surface area contributed by atoms with E-state index in [4.69, 9.17) is 17.3 Å². The van der Waals surface area contributed by atoms with Crippen LogP contribution in [0.5, 0.6) is 0 Å². The third-order valence-corrected chi connectivity index (χ3v) is 6.36. The molecule has 20 heavy (non-hydrogen) atoms. The summed E-state index contributed by atoms with van der Waals surface area (Å²) in [6.45, 7) is 0.882. The van der Waals surface area contributed by atoms with Crippen molar-refractivity contribution in [2.24, 2.45) is 17.1 Å². The molecule has 0 bridgehead atoms. The third-order valence-electron chi connectivity index (χ3n) is 4.47. The normalized spacial score (nSPS) is 20.9. The maximum atomic E-state index is 12.3. The molecule has 0 radical (unpaired) electrons. The number of hydrogen-bond acceptors (Lipinski definition) is 3. The van der Waals surface area contributed by atoms with E-state index in [1.165, 1.54) is 18.9 Å². The molecule has 0 spiro atoms. The van der Waals surface area contributed by atoms with Crippen LogP contribution in [0.25, 0.3) is 0 Å². The van der Waals surface area contributed by atoms with Gasteiger partial charge in [-0.15, -0.1) is 0 Å². The molecule has 2 aliphatic carbocycles. The maximum absolute atomic E-state index is 12.3. The van der Waals surface area contributed by atoms with Crippen LogP contribution in [-0.2, 0) is 16.6 Å². The van der Waals surface area contributed by atoms with Crippen LogP contribution in [0.15, 0.2) is 23.1 Å². The van der Waals surface area contributed by atoms with Crippen LogP contribution in [0.2, 0.25) is 5.02 Å². The summed E-state index contributed by atoms with van der Waals surface area (Å²) in [5.41, 5.74) is 6.58. The summed E-state index contributed by atoms with van der Waals surface area (Å²) in [6, 6.07) is 4.85. The van der Waals surface area contributed by atoms with Crippen LogP contribution in [0.3, 0.4) is 0 Å². The largest absolute Gasteiger partial charge is 0.326 e. The lowest BCUT2D eigenvalue weighted by Gasteiger charge is -2.16. The number of rotatable bonds is 6. The van der Waals surface area contributed by atoms with Crippen LogP contribution in [0, 0.1) is 11.3 Å².